The van der Waals surface area contributed by atoms with Crippen LogP contribution in [0.5, 0.6) is 5.88 Å². The average Bonchev–Trinajstić information content (AvgIpc) is 2.48. The zero-order valence-electron chi connectivity index (χ0n) is 12.3. The van der Waals surface area contributed by atoms with Crippen LogP contribution in [-0.2, 0) is 16.6 Å². The molecule has 0 spiro atoms. The van der Waals surface area contributed by atoms with Crippen molar-refractivity contribution in [2.45, 2.75) is 18.1 Å². The number of benzene rings is 1. The highest BCUT2D eigenvalue weighted by atomic mass is 32.2. The van der Waals surface area contributed by atoms with E-state index in [1.807, 2.05) is 0 Å². The number of aromatic nitrogens is 1. The molecule has 0 saturated carbocycles. The van der Waals surface area contributed by atoms with Gasteiger partial charge in [-0.15, -0.1) is 0 Å². The Morgan fingerprint density at radius 2 is 1.92 bits per heavy atom. The molecular formula is C14H12F4N2O3S. The number of ether oxygens (including phenoxy) is 1. The number of hydrogen-bond donors (Lipinski definition) is 0. The average molecular weight is 364 g/mol. The summed E-state index contributed by atoms with van der Waals surface area (Å²) in [4.78, 5) is 2.40. The Hall–Kier alpha value is -2.20. The quantitative estimate of drug-likeness (QED) is 0.740. The molecule has 0 bridgehead atoms. The zero-order chi connectivity index (χ0) is 17.9. The maximum Gasteiger partial charge on any atom is 0.388 e. The molecule has 24 heavy (non-hydrogen) atoms. The van der Waals surface area contributed by atoms with E-state index < -0.39 is 39.0 Å². The summed E-state index contributed by atoms with van der Waals surface area (Å²) in [5.41, 5.74) is 0.321. The summed E-state index contributed by atoms with van der Waals surface area (Å²) < 4.78 is 81.0. The van der Waals surface area contributed by atoms with Crippen LogP contribution in [0.2, 0.25) is 0 Å². The Morgan fingerprint density at radius 1 is 1.21 bits per heavy atom. The highest BCUT2D eigenvalue weighted by Gasteiger charge is 2.28. The lowest BCUT2D eigenvalue weighted by molar-refractivity contribution is -0.0550. The van der Waals surface area contributed by atoms with Crippen LogP contribution in [-0.4, -0.2) is 31.4 Å². The molecule has 0 aliphatic heterocycles. The monoisotopic (exact) mass is 364 g/mol. The van der Waals surface area contributed by atoms with Gasteiger partial charge in [-0.2, -0.15) is 13.1 Å². The van der Waals surface area contributed by atoms with Crippen LogP contribution in [0.15, 0.2) is 41.4 Å². The topological polar surface area (TPSA) is 59.5 Å². The molecular weight excluding hydrogens is 352 g/mol. The van der Waals surface area contributed by atoms with Crippen LogP contribution in [0.25, 0.3) is 0 Å². The molecule has 0 radical (unpaired) electrons. The summed E-state index contributed by atoms with van der Waals surface area (Å²) in [6, 6.07) is 5.70. The molecule has 0 unspecified atom stereocenters. The lowest BCUT2D eigenvalue weighted by Gasteiger charge is -2.19. The summed E-state index contributed by atoms with van der Waals surface area (Å²) in [5, 5.41) is 0. The third-order valence-corrected chi connectivity index (χ3v) is 4.77. The summed E-state index contributed by atoms with van der Waals surface area (Å²) in [7, 11) is -3.26. The van der Waals surface area contributed by atoms with Crippen molar-refractivity contribution in [2.24, 2.45) is 0 Å². The van der Waals surface area contributed by atoms with E-state index in [1.165, 1.54) is 18.2 Å². The maximum absolute atomic E-state index is 13.3. The normalized spacial score (nSPS) is 12.0. The molecule has 1 aromatic carbocycles. The Bertz CT molecular complexity index is 831. The van der Waals surface area contributed by atoms with E-state index in [-0.39, 0.29) is 6.54 Å². The van der Waals surface area contributed by atoms with Gasteiger partial charge in [0.15, 0.2) is 0 Å². The number of rotatable bonds is 6. The van der Waals surface area contributed by atoms with Crippen LogP contribution in [0.4, 0.5) is 17.6 Å². The number of hydrogen-bond acceptors (Lipinski definition) is 4. The van der Waals surface area contributed by atoms with Crippen molar-refractivity contribution in [2.75, 3.05) is 7.05 Å². The van der Waals surface area contributed by atoms with Crippen LogP contribution in [0.3, 0.4) is 0 Å². The number of nitrogens with zero attached hydrogens (tertiary/aromatic N) is 2. The van der Waals surface area contributed by atoms with Gasteiger partial charge in [0.25, 0.3) is 0 Å². The Kier molecular flexibility index (Phi) is 5.40. The highest BCUT2D eigenvalue weighted by Crippen LogP contribution is 2.27. The molecule has 0 saturated heterocycles. The fourth-order valence-corrected chi connectivity index (χ4v) is 3.15. The van der Waals surface area contributed by atoms with E-state index in [1.54, 1.807) is 0 Å². The van der Waals surface area contributed by atoms with E-state index in [9.17, 15) is 26.0 Å². The predicted molar refractivity (Wildman–Crippen MR) is 75.9 cm³/mol. The molecule has 5 nitrogen and oxygen atoms in total. The van der Waals surface area contributed by atoms with Crippen LogP contribution in [0.1, 0.15) is 5.56 Å². The largest absolute Gasteiger partial charge is 0.415 e. The van der Waals surface area contributed by atoms with E-state index >= 15 is 0 Å². The van der Waals surface area contributed by atoms with Gasteiger partial charge in [0.1, 0.15) is 16.5 Å². The first kappa shape index (κ1) is 18.1. The fraction of sp³-hybridized carbons (Fsp3) is 0.214. The zero-order valence-corrected chi connectivity index (χ0v) is 13.1. The molecule has 0 fully saturated rings. The Morgan fingerprint density at radius 3 is 2.54 bits per heavy atom. The van der Waals surface area contributed by atoms with Crippen LogP contribution in [0, 0.1) is 11.6 Å². The minimum atomic E-state index is -4.40. The second-order valence-corrected chi connectivity index (χ2v) is 6.74. The van der Waals surface area contributed by atoms with Gasteiger partial charge in [-0.1, -0.05) is 12.1 Å². The molecule has 1 heterocycles. The molecule has 10 heteroatoms. The summed E-state index contributed by atoms with van der Waals surface area (Å²) >= 11 is 0. The summed E-state index contributed by atoms with van der Waals surface area (Å²) in [5.74, 6) is -2.51. The van der Waals surface area contributed by atoms with E-state index in [0.717, 1.165) is 17.4 Å². The number of pyridine rings is 1. The Labute approximate surface area is 135 Å². The number of alkyl halides is 2. The molecule has 0 aliphatic rings. The van der Waals surface area contributed by atoms with Gasteiger partial charge < -0.3 is 4.74 Å². The van der Waals surface area contributed by atoms with Gasteiger partial charge in [-0.05, 0) is 17.7 Å². The van der Waals surface area contributed by atoms with Crippen LogP contribution >= 0.6 is 0 Å². The lowest BCUT2D eigenvalue weighted by atomic mass is 10.2. The molecule has 0 aliphatic carbocycles. The maximum atomic E-state index is 13.3. The molecule has 0 amide bonds. The SMILES string of the molecule is CN(Cc1cccc(F)c1)S(=O)(=O)c1cc(F)cnc1OC(F)F. The van der Waals surface area contributed by atoms with E-state index in [0.29, 0.717) is 17.8 Å². The van der Waals surface area contributed by atoms with Crippen molar-refractivity contribution in [3.8, 4) is 5.88 Å². The summed E-state index contributed by atoms with van der Waals surface area (Å²) in [6.45, 7) is -3.59. The minimum Gasteiger partial charge on any atom is -0.415 e. The fourth-order valence-electron chi connectivity index (χ4n) is 1.91. The number of halogens is 4. The predicted octanol–water partition coefficient (Wildman–Crippen LogP) is 2.78. The van der Waals surface area contributed by atoms with Crippen LogP contribution < -0.4 is 4.74 Å². The van der Waals surface area contributed by atoms with Crippen molar-refractivity contribution < 1.29 is 30.7 Å². The molecule has 1 aromatic heterocycles. The smallest absolute Gasteiger partial charge is 0.388 e. The lowest BCUT2D eigenvalue weighted by Crippen LogP contribution is -2.27. The van der Waals surface area contributed by atoms with Crippen molar-refractivity contribution >= 4 is 10.0 Å². The van der Waals surface area contributed by atoms with Crippen molar-refractivity contribution in [3.63, 3.8) is 0 Å². The summed E-state index contributed by atoms with van der Waals surface area (Å²) in [6.07, 6.45) is 0.559. The third kappa shape index (κ3) is 4.20. The van der Waals surface area contributed by atoms with Gasteiger partial charge in [0.2, 0.25) is 15.9 Å². The minimum absolute atomic E-state index is 0.259. The van der Waals surface area contributed by atoms with Gasteiger partial charge in [-0.25, -0.2) is 22.2 Å². The standard InChI is InChI=1S/C14H12F4N2O3S/c1-20(8-9-3-2-4-10(15)5-9)24(21,22)12-6-11(16)7-19-13(12)23-14(17)18/h2-7,14H,8H2,1H3. The first-order valence-electron chi connectivity index (χ1n) is 6.51. The second kappa shape index (κ2) is 7.14. The third-order valence-electron chi connectivity index (χ3n) is 2.97. The van der Waals surface area contributed by atoms with Gasteiger partial charge >= 0.3 is 6.61 Å². The molecule has 0 N–H and O–H groups in total. The molecule has 2 rings (SSSR count). The molecule has 2 aromatic rings. The van der Waals surface area contributed by atoms with Gasteiger partial charge in [0, 0.05) is 19.7 Å². The van der Waals surface area contributed by atoms with Gasteiger partial charge in [-0.3, -0.25) is 0 Å². The van der Waals surface area contributed by atoms with Crippen molar-refractivity contribution in [1.82, 2.24) is 9.29 Å². The van der Waals surface area contributed by atoms with Crippen molar-refractivity contribution in [1.29, 1.82) is 0 Å². The molecule has 0 atom stereocenters. The van der Waals surface area contributed by atoms with E-state index in [2.05, 4.69) is 9.72 Å². The van der Waals surface area contributed by atoms with Gasteiger partial charge in [0.05, 0.1) is 6.20 Å². The first-order valence-corrected chi connectivity index (χ1v) is 7.95. The Balaban J connectivity index is 2.37. The first-order chi connectivity index (χ1) is 11.2. The highest BCUT2D eigenvalue weighted by molar-refractivity contribution is 7.89. The van der Waals surface area contributed by atoms with E-state index in [4.69, 9.17) is 0 Å². The van der Waals surface area contributed by atoms with Crippen molar-refractivity contribution in [3.05, 3.63) is 53.7 Å². The molecule has 130 valence electrons. The number of sulfonamides is 1. The second-order valence-electron chi connectivity index (χ2n) is 4.73.